The summed E-state index contributed by atoms with van der Waals surface area (Å²) in [6.45, 7) is -2.90. The van der Waals surface area contributed by atoms with Gasteiger partial charge in [-0.15, -0.1) is 0 Å². The van der Waals surface area contributed by atoms with Gasteiger partial charge in [-0.05, 0) is 41.0 Å². The number of halogens is 3. The van der Waals surface area contributed by atoms with Crippen molar-refractivity contribution in [3.05, 3.63) is 101 Å². The third-order valence-electron chi connectivity index (χ3n) is 4.13. The maximum atomic E-state index is 13.3. The lowest BCUT2D eigenvalue weighted by Gasteiger charge is -2.20. The smallest absolute Gasteiger partial charge is 0.387 e. The fraction of sp³-hybridized carbons (Fsp3) is 0.136. The number of benzene rings is 3. The van der Waals surface area contributed by atoms with Crippen LogP contribution in [-0.2, 0) is 11.2 Å². The molecule has 3 aromatic rings. The van der Waals surface area contributed by atoms with Crippen molar-refractivity contribution in [3.8, 4) is 5.75 Å². The highest BCUT2D eigenvalue weighted by molar-refractivity contribution is 5.79. The van der Waals surface area contributed by atoms with E-state index in [4.69, 9.17) is 0 Å². The molecule has 1 N–H and O–H groups in total. The second-order valence-corrected chi connectivity index (χ2v) is 6.17. The van der Waals surface area contributed by atoms with E-state index >= 15 is 0 Å². The molecule has 1 atom stereocenters. The summed E-state index contributed by atoms with van der Waals surface area (Å²) < 4.78 is 42.4. The average Bonchev–Trinajstić information content (AvgIpc) is 2.67. The molecule has 144 valence electrons. The van der Waals surface area contributed by atoms with E-state index in [1.54, 1.807) is 24.3 Å². The maximum Gasteiger partial charge on any atom is 0.387 e. The Labute approximate surface area is 160 Å². The van der Waals surface area contributed by atoms with Gasteiger partial charge in [-0.1, -0.05) is 54.6 Å². The van der Waals surface area contributed by atoms with E-state index in [1.165, 1.54) is 24.3 Å². The quantitative estimate of drug-likeness (QED) is 0.630. The van der Waals surface area contributed by atoms with Crippen LogP contribution in [0, 0.1) is 5.82 Å². The highest BCUT2D eigenvalue weighted by atomic mass is 19.3. The van der Waals surface area contributed by atoms with Gasteiger partial charge >= 0.3 is 6.61 Å². The molecule has 0 saturated heterocycles. The maximum absolute atomic E-state index is 13.3. The van der Waals surface area contributed by atoms with Crippen molar-refractivity contribution in [2.45, 2.75) is 19.1 Å². The summed E-state index contributed by atoms with van der Waals surface area (Å²) in [7, 11) is 0. The van der Waals surface area contributed by atoms with E-state index in [1.807, 2.05) is 30.3 Å². The topological polar surface area (TPSA) is 38.3 Å². The molecule has 0 saturated carbocycles. The summed E-state index contributed by atoms with van der Waals surface area (Å²) in [5.41, 5.74) is 2.10. The van der Waals surface area contributed by atoms with Crippen LogP contribution in [0.25, 0.3) is 0 Å². The van der Waals surface area contributed by atoms with Crippen LogP contribution >= 0.6 is 0 Å². The van der Waals surface area contributed by atoms with Gasteiger partial charge in [-0.25, -0.2) is 4.39 Å². The molecule has 3 rings (SSSR count). The lowest BCUT2D eigenvalue weighted by atomic mass is 9.98. The lowest BCUT2D eigenvalue weighted by Crippen LogP contribution is -2.30. The molecule has 0 bridgehead atoms. The number of hydrogen-bond donors (Lipinski definition) is 1. The van der Waals surface area contributed by atoms with Gasteiger partial charge in [0, 0.05) is 0 Å². The summed E-state index contributed by atoms with van der Waals surface area (Å²) in [6, 6.07) is 20.7. The summed E-state index contributed by atoms with van der Waals surface area (Å²) >= 11 is 0. The molecular formula is C22H18F3NO2. The predicted molar refractivity (Wildman–Crippen MR) is 99.6 cm³/mol. The van der Waals surface area contributed by atoms with E-state index < -0.39 is 18.5 Å². The van der Waals surface area contributed by atoms with Gasteiger partial charge in [0.05, 0.1) is 12.5 Å². The SMILES string of the molecule is O=C(Cc1cccc(F)c1)N[C@H](c1ccccc1)c1ccc(OC(F)F)cc1. The van der Waals surface area contributed by atoms with Gasteiger partial charge in [0.15, 0.2) is 0 Å². The largest absolute Gasteiger partial charge is 0.435 e. The molecule has 0 spiro atoms. The van der Waals surface area contributed by atoms with Crippen LogP contribution in [-0.4, -0.2) is 12.5 Å². The third-order valence-corrected chi connectivity index (χ3v) is 4.13. The van der Waals surface area contributed by atoms with Gasteiger partial charge < -0.3 is 10.1 Å². The minimum absolute atomic E-state index is 0.0215. The van der Waals surface area contributed by atoms with Crippen molar-refractivity contribution in [2.24, 2.45) is 0 Å². The first-order valence-electron chi connectivity index (χ1n) is 8.65. The Morgan fingerprint density at radius 1 is 0.893 bits per heavy atom. The fourth-order valence-corrected chi connectivity index (χ4v) is 2.89. The van der Waals surface area contributed by atoms with Crippen molar-refractivity contribution >= 4 is 5.91 Å². The number of alkyl halides is 2. The Morgan fingerprint density at radius 3 is 2.21 bits per heavy atom. The number of ether oxygens (including phenoxy) is 1. The van der Waals surface area contributed by atoms with Crippen LogP contribution in [0.5, 0.6) is 5.75 Å². The monoisotopic (exact) mass is 385 g/mol. The zero-order valence-electron chi connectivity index (χ0n) is 14.8. The van der Waals surface area contributed by atoms with E-state index in [9.17, 15) is 18.0 Å². The average molecular weight is 385 g/mol. The van der Waals surface area contributed by atoms with Crippen molar-refractivity contribution in [3.63, 3.8) is 0 Å². The highest BCUT2D eigenvalue weighted by Crippen LogP contribution is 2.25. The van der Waals surface area contributed by atoms with Crippen molar-refractivity contribution in [1.29, 1.82) is 0 Å². The number of rotatable bonds is 7. The Bertz CT molecular complexity index is 915. The molecule has 0 aromatic heterocycles. The highest BCUT2D eigenvalue weighted by Gasteiger charge is 2.17. The molecule has 0 radical (unpaired) electrons. The first-order valence-corrected chi connectivity index (χ1v) is 8.65. The molecule has 1 amide bonds. The molecule has 0 heterocycles. The van der Waals surface area contributed by atoms with Gasteiger partial charge in [-0.2, -0.15) is 8.78 Å². The van der Waals surface area contributed by atoms with E-state index in [-0.39, 0.29) is 18.1 Å². The predicted octanol–water partition coefficient (Wildman–Crippen LogP) is 4.88. The van der Waals surface area contributed by atoms with E-state index in [0.29, 0.717) is 11.1 Å². The molecule has 28 heavy (non-hydrogen) atoms. The minimum Gasteiger partial charge on any atom is -0.435 e. The Balaban J connectivity index is 1.80. The Hall–Kier alpha value is -3.28. The zero-order valence-corrected chi connectivity index (χ0v) is 14.8. The molecule has 3 nitrogen and oxygen atoms in total. The van der Waals surface area contributed by atoms with Gasteiger partial charge in [0.1, 0.15) is 11.6 Å². The van der Waals surface area contributed by atoms with Gasteiger partial charge in [0.2, 0.25) is 5.91 Å². The number of nitrogens with one attached hydrogen (secondary N) is 1. The summed E-state index contributed by atoms with van der Waals surface area (Å²) in [5, 5.41) is 2.93. The minimum atomic E-state index is -2.90. The molecule has 0 fully saturated rings. The van der Waals surface area contributed by atoms with Crippen LogP contribution in [0.15, 0.2) is 78.9 Å². The second kappa shape index (κ2) is 9.08. The molecule has 0 aliphatic rings. The number of carbonyl (C=O) groups excluding carboxylic acids is 1. The van der Waals surface area contributed by atoms with Crippen molar-refractivity contribution in [1.82, 2.24) is 5.32 Å². The van der Waals surface area contributed by atoms with Crippen molar-refractivity contribution < 1.29 is 22.7 Å². The van der Waals surface area contributed by atoms with Crippen LogP contribution in [0.2, 0.25) is 0 Å². The number of amides is 1. The third kappa shape index (κ3) is 5.36. The van der Waals surface area contributed by atoms with Crippen molar-refractivity contribution in [2.75, 3.05) is 0 Å². The molecule has 0 unspecified atom stereocenters. The van der Waals surface area contributed by atoms with Crippen LogP contribution in [0.1, 0.15) is 22.7 Å². The normalized spacial score (nSPS) is 11.9. The zero-order chi connectivity index (χ0) is 19.9. The molecule has 0 aliphatic heterocycles. The molecule has 6 heteroatoms. The molecule has 0 aliphatic carbocycles. The number of carbonyl (C=O) groups is 1. The molecule has 3 aromatic carbocycles. The van der Waals surface area contributed by atoms with E-state index in [2.05, 4.69) is 10.1 Å². The van der Waals surface area contributed by atoms with E-state index in [0.717, 1.165) is 5.56 Å². The first kappa shape index (κ1) is 19.5. The van der Waals surface area contributed by atoms with Crippen LogP contribution < -0.4 is 10.1 Å². The summed E-state index contributed by atoms with van der Waals surface area (Å²) in [6.07, 6.45) is 0.0215. The Kier molecular flexibility index (Phi) is 6.32. The standard InChI is InChI=1S/C22H18F3NO2/c23-18-8-4-5-15(13-18)14-20(27)26-21(16-6-2-1-3-7-16)17-9-11-19(12-10-17)28-22(24)25/h1-13,21-22H,14H2,(H,26,27)/t21-/m1/s1. The second-order valence-electron chi connectivity index (χ2n) is 6.17. The first-order chi connectivity index (χ1) is 13.5. The van der Waals surface area contributed by atoms with Gasteiger partial charge in [-0.3, -0.25) is 4.79 Å². The number of hydrogen-bond acceptors (Lipinski definition) is 2. The van der Waals surface area contributed by atoms with Crippen LogP contribution in [0.4, 0.5) is 13.2 Å². The fourth-order valence-electron chi connectivity index (χ4n) is 2.89. The summed E-state index contributed by atoms with van der Waals surface area (Å²) in [4.78, 5) is 12.5. The summed E-state index contributed by atoms with van der Waals surface area (Å²) in [5.74, 6) is -0.650. The van der Waals surface area contributed by atoms with Crippen LogP contribution in [0.3, 0.4) is 0 Å². The Morgan fingerprint density at radius 2 is 1.57 bits per heavy atom. The van der Waals surface area contributed by atoms with Gasteiger partial charge in [0.25, 0.3) is 0 Å². The lowest BCUT2D eigenvalue weighted by molar-refractivity contribution is -0.120. The molecular weight excluding hydrogens is 367 g/mol.